The molecule has 1 aliphatic rings. The Morgan fingerprint density at radius 3 is 2.32 bits per heavy atom. The summed E-state index contributed by atoms with van der Waals surface area (Å²) < 4.78 is 0. The Labute approximate surface area is 170 Å². The molecule has 0 bridgehead atoms. The lowest BCUT2D eigenvalue weighted by Gasteiger charge is -2.36. The highest BCUT2D eigenvalue weighted by Gasteiger charge is 2.22. The van der Waals surface area contributed by atoms with Crippen molar-refractivity contribution >= 4 is 28.6 Å². The van der Waals surface area contributed by atoms with Crippen LogP contribution < -0.4 is 10.2 Å². The number of hydrogen-bond acceptors (Lipinski definition) is 4. The molecule has 1 aromatic heterocycles. The van der Waals surface area contributed by atoms with E-state index in [1.54, 1.807) is 11.3 Å². The summed E-state index contributed by atoms with van der Waals surface area (Å²) in [5.74, 6) is 0.128. The molecule has 2 aromatic carbocycles. The van der Waals surface area contributed by atoms with E-state index in [9.17, 15) is 4.79 Å². The largest absolute Gasteiger partial charge is 0.380 e. The number of rotatable bonds is 5. The molecule has 1 fully saturated rings. The van der Waals surface area contributed by atoms with E-state index in [0.717, 1.165) is 44.0 Å². The van der Waals surface area contributed by atoms with E-state index < -0.39 is 0 Å². The lowest BCUT2D eigenvalue weighted by Crippen LogP contribution is -2.48. The topological polar surface area (TPSA) is 35.6 Å². The van der Waals surface area contributed by atoms with E-state index in [0.29, 0.717) is 0 Å². The minimum absolute atomic E-state index is 0.128. The van der Waals surface area contributed by atoms with E-state index in [4.69, 9.17) is 0 Å². The van der Waals surface area contributed by atoms with Crippen LogP contribution in [0.5, 0.6) is 0 Å². The zero-order chi connectivity index (χ0) is 19.3. The van der Waals surface area contributed by atoms with Crippen LogP contribution in [0, 0.1) is 6.92 Å². The standard InChI is InChI=1S/C23H25N3OS/c1-18-11-16-28-22(18)17-24-20-7-9-21(10-8-20)25-12-14-26(15-13-25)23(27)19-5-3-2-4-6-19/h2-11,16,24H,12-15,17H2,1H3. The Balaban J connectivity index is 1.31. The summed E-state index contributed by atoms with van der Waals surface area (Å²) in [4.78, 5) is 18.3. The Hall–Kier alpha value is -2.79. The molecule has 1 aliphatic heterocycles. The SMILES string of the molecule is Cc1ccsc1CNc1ccc(N2CCN(C(=O)c3ccccc3)CC2)cc1. The molecule has 4 rings (SSSR count). The summed E-state index contributed by atoms with van der Waals surface area (Å²) >= 11 is 1.79. The molecule has 0 saturated carbocycles. The molecular formula is C23H25N3OS. The van der Waals surface area contributed by atoms with Gasteiger partial charge in [0, 0.05) is 54.5 Å². The van der Waals surface area contributed by atoms with Crippen molar-refractivity contribution in [2.75, 3.05) is 36.4 Å². The van der Waals surface area contributed by atoms with Gasteiger partial charge in [0.1, 0.15) is 0 Å². The zero-order valence-electron chi connectivity index (χ0n) is 16.1. The third-order valence-corrected chi connectivity index (χ3v) is 6.26. The van der Waals surface area contributed by atoms with Gasteiger partial charge in [0.05, 0.1) is 0 Å². The second-order valence-electron chi connectivity index (χ2n) is 7.07. The summed E-state index contributed by atoms with van der Waals surface area (Å²) in [5, 5.41) is 5.63. The summed E-state index contributed by atoms with van der Waals surface area (Å²) in [6, 6.07) is 20.3. The summed E-state index contributed by atoms with van der Waals surface area (Å²) in [5.41, 5.74) is 4.46. The number of thiophene rings is 1. The van der Waals surface area contributed by atoms with Gasteiger partial charge in [-0.2, -0.15) is 0 Å². The van der Waals surface area contributed by atoms with Gasteiger partial charge in [-0.15, -0.1) is 11.3 Å². The van der Waals surface area contributed by atoms with E-state index >= 15 is 0 Å². The fourth-order valence-electron chi connectivity index (χ4n) is 3.49. The normalized spacial score (nSPS) is 14.2. The van der Waals surface area contributed by atoms with Crippen molar-refractivity contribution in [3.05, 3.63) is 82.0 Å². The first-order chi connectivity index (χ1) is 13.7. The van der Waals surface area contributed by atoms with Crippen molar-refractivity contribution in [3.63, 3.8) is 0 Å². The highest BCUT2D eigenvalue weighted by atomic mass is 32.1. The first-order valence-corrected chi connectivity index (χ1v) is 10.5. The number of nitrogens with zero attached hydrogens (tertiary/aromatic N) is 2. The Kier molecular flexibility index (Phi) is 5.63. The molecule has 5 heteroatoms. The Bertz CT molecular complexity index is 913. The third-order valence-electron chi connectivity index (χ3n) is 5.24. The maximum absolute atomic E-state index is 12.6. The second-order valence-corrected chi connectivity index (χ2v) is 8.07. The molecule has 144 valence electrons. The van der Waals surface area contributed by atoms with Crippen LogP contribution in [0.25, 0.3) is 0 Å². The number of hydrogen-bond donors (Lipinski definition) is 1. The molecule has 3 aromatic rings. The number of carbonyl (C=O) groups is 1. The fraction of sp³-hybridized carbons (Fsp3) is 0.261. The van der Waals surface area contributed by atoms with Crippen LogP contribution >= 0.6 is 11.3 Å². The lowest BCUT2D eigenvalue weighted by atomic mass is 10.1. The fourth-order valence-corrected chi connectivity index (χ4v) is 4.33. The molecule has 0 unspecified atom stereocenters. The van der Waals surface area contributed by atoms with Crippen molar-refractivity contribution in [3.8, 4) is 0 Å². The van der Waals surface area contributed by atoms with Gasteiger partial charge in [-0.25, -0.2) is 0 Å². The van der Waals surface area contributed by atoms with Crippen LogP contribution in [0.4, 0.5) is 11.4 Å². The molecule has 1 saturated heterocycles. The third kappa shape index (κ3) is 4.20. The average Bonchev–Trinajstić information content (AvgIpc) is 3.17. The van der Waals surface area contributed by atoms with Gasteiger partial charge in [0.25, 0.3) is 5.91 Å². The number of piperazine rings is 1. The van der Waals surface area contributed by atoms with Gasteiger partial charge in [0.2, 0.25) is 0 Å². The smallest absolute Gasteiger partial charge is 0.253 e. The molecule has 28 heavy (non-hydrogen) atoms. The van der Waals surface area contributed by atoms with Gasteiger partial charge < -0.3 is 15.1 Å². The number of anilines is 2. The lowest BCUT2D eigenvalue weighted by molar-refractivity contribution is 0.0747. The van der Waals surface area contributed by atoms with Gasteiger partial charge >= 0.3 is 0 Å². The van der Waals surface area contributed by atoms with E-state index in [-0.39, 0.29) is 5.91 Å². The second kappa shape index (κ2) is 8.48. The predicted molar refractivity (Wildman–Crippen MR) is 117 cm³/mol. The maximum Gasteiger partial charge on any atom is 0.253 e. The maximum atomic E-state index is 12.6. The molecule has 1 amide bonds. The quantitative estimate of drug-likeness (QED) is 0.689. The summed E-state index contributed by atoms with van der Waals surface area (Å²) in [6.07, 6.45) is 0. The van der Waals surface area contributed by atoms with Gasteiger partial charge in [-0.3, -0.25) is 4.79 Å². The molecule has 0 radical (unpaired) electrons. The van der Waals surface area contributed by atoms with Crippen LogP contribution in [0.3, 0.4) is 0 Å². The molecule has 2 heterocycles. The monoisotopic (exact) mass is 391 g/mol. The first kappa shape index (κ1) is 18.6. The van der Waals surface area contributed by atoms with Crippen LogP contribution in [0.2, 0.25) is 0 Å². The number of nitrogens with one attached hydrogen (secondary N) is 1. The number of amides is 1. The van der Waals surface area contributed by atoms with Crippen LogP contribution in [-0.4, -0.2) is 37.0 Å². The highest BCUT2D eigenvalue weighted by molar-refractivity contribution is 7.10. The number of benzene rings is 2. The Morgan fingerprint density at radius 1 is 0.964 bits per heavy atom. The summed E-state index contributed by atoms with van der Waals surface area (Å²) in [7, 11) is 0. The molecule has 4 nitrogen and oxygen atoms in total. The first-order valence-electron chi connectivity index (χ1n) is 9.67. The van der Waals surface area contributed by atoms with Gasteiger partial charge in [-0.1, -0.05) is 18.2 Å². The number of aryl methyl sites for hydroxylation is 1. The summed E-state index contributed by atoms with van der Waals surface area (Å²) in [6.45, 7) is 6.25. The molecule has 0 spiro atoms. The zero-order valence-corrected chi connectivity index (χ0v) is 16.9. The van der Waals surface area contributed by atoms with E-state index in [1.165, 1.54) is 16.1 Å². The van der Waals surface area contributed by atoms with Gasteiger partial charge in [-0.05, 0) is 60.3 Å². The molecular weight excluding hydrogens is 366 g/mol. The van der Waals surface area contributed by atoms with E-state index in [1.807, 2.05) is 35.2 Å². The molecule has 0 aliphatic carbocycles. The van der Waals surface area contributed by atoms with E-state index in [2.05, 4.69) is 52.9 Å². The number of carbonyl (C=O) groups excluding carboxylic acids is 1. The van der Waals surface area contributed by atoms with Crippen LogP contribution in [-0.2, 0) is 6.54 Å². The van der Waals surface area contributed by atoms with Crippen LogP contribution in [0.1, 0.15) is 20.8 Å². The highest BCUT2D eigenvalue weighted by Crippen LogP contribution is 2.22. The van der Waals surface area contributed by atoms with Crippen molar-refractivity contribution in [1.29, 1.82) is 0 Å². The van der Waals surface area contributed by atoms with Crippen molar-refractivity contribution in [2.45, 2.75) is 13.5 Å². The van der Waals surface area contributed by atoms with Crippen molar-refractivity contribution in [1.82, 2.24) is 4.90 Å². The Morgan fingerprint density at radius 2 is 1.68 bits per heavy atom. The average molecular weight is 392 g/mol. The minimum Gasteiger partial charge on any atom is -0.380 e. The van der Waals surface area contributed by atoms with Crippen molar-refractivity contribution < 1.29 is 4.79 Å². The van der Waals surface area contributed by atoms with Crippen LogP contribution in [0.15, 0.2) is 66.0 Å². The van der Waals surface area contributed by atoms with Gasteiger partial charge in [0.15, 0.2) is 0 Å². The predicted octanol–water partition coefficient (Wildman–Crippen LogP) is 4.63. The van der Waals surface area contributed by atoms with Crippen molar-refractivity contribution in [2.24, 2.45) is 0 Å². The molecule has 1 N–H and O–H groups in total. The minimum atomic E-state index is 0.128. The molecule has 0 atom stereocenters.